The number of nitrogens with one attached hydrogen (secondary N) is 1. The van der Waals surface area contributed by atoms with Crippen molar-refractivity contribution in [3.05, 3.63) is 35.9 Å². The van der Waals surface area contributed by atoms with Gasteiger partial charge in [-0.25, -0.2) is 0 Å². The standard InChI is InChI=1S/C16H22N2OS2/c1-13(21-16(20)18-11-5-6-12-18)15(19)17-10-9-14-7-3-2-4-8-14/h2-4,7-8,13H,5-6,9-12H2,1H3,(H,17,19). The second-order valence-corrected chi connectivity index (χ2v) is 7.22. The fourth-order valence-corrected chi connectivity index (χ4v) is 3.74. The van der Waals surface area contributed by atoms with Crippen molar-refractivity contribution in [3.8, 4) is 0 Å². The molecule has 1 aromatic carbocycles. The zero-order chi connectivity index (χ0) is 15.1. The van der Waals surface area contributed by atoms with E-state index >= 15 is 0 Å². The molecule has 0 spiro atoms. The van der Waals surface area contributed by atoms with Crippen LogP contribution in [0.25, 0.3) is 0 Å². The first-order chi connectivity index (χ1) is 10.2. The molecule has 1 saturated heterocycles. The molecule has 2 rings (SSSR count). The molecule has 1 heterocycles. The number of rotatable bonds is 5. The normalized spacial score (nSPS) is 15.8. The minimum Gasteiger partial charge on any atom is -0.358 e. The Hall–Kier alpha value is -1.07. The Labute approximate surface area is 136 Å². The Balaban J connectivity index is 1.68. The van der Waals surface area contributed by atoms with Crippen LogP contribution in [0, 0.1) is 0 Å². The lowest BCUT2D eigenvalue weighted by atomic mass is 10.1. The molecule has 1 aliphatic heterocycles. The van der Waals surface area contributed by atoms with Crippen LogP contribution in [0.1, 0.15) is 25.3 Å². The molecule has 0 aliphatic carbocycles. The summed E-state index contributed by atoms with van der Waals surface area (Å²) in [4.78, 5) is 14.3. The average Bonchev–Trinajstić information content (AvgIpc) is 3.02. The summed E-state index contributed by atoms with van der Waals surface area (Å²) in [6.07, 6.45) is 3.28. The van der Waals surface area contributed by atoms with Gasteiger partial charge in [-0.2, -0.15) is 0 Å². The molecule has 1 N–H and O–H groups in total. The third-order valence-electron chi connectivity index (χ3n) is 3.57. The zero-order valence-corrected chi connectivity index (χ0v) is 14.0. The molecule has 5 heteroatoms. The fraction of sp³-hybridized carbons (Fsp3) is 0.500. The van der Waals surface area contributed by atoms with Crippen molar-refractivity contribution in [2.24, 2.45) is 0 Å². The van der Waals surface area contributed by atoms with Gasteiger partial charge in [0.2, 0.25) is 5.91 Å². The molecular weight excluding hydrogens is 300 g/mol. The number of amides is 1. The topological polar surface area (TPSA) is 32.3 Å². The van der Waals surface area contributed by atoms with Gasteiger partial charge in [-0.05, 0) is 31.7 Å². The van der Waals surface area contributed by atoms with Crippen LogP contribution < -0.4 is 5.32 Å². The highest BCUT2D eigenvalue weighted by molar-refractivity contribution is 8.23. The van der Waals surface area contributed by atoms with Crippen molar-refractivity contribution < 1.29 is 4.79 Å². The van der Waals surface area contributed by atoms with Crippen LogP contribution in [-0.4, -0.2) is 40.0 Å². The molecule has 1 unspecified atom stereocenters. The highest BCUT2D eigenvalue weighted by Crippen LogP contribution is 2.20. The maximum atomic E-state index is 12.1. The molecule has 1 aliphatic rings. The van der Waals surface area contributed by atoms with Crippen LogP contribution in [0.4, 0.5) is 0 Å². The number of carbonyl (C=O) groups excluding carboxylic acids is 1. The Morgan fingerprint density at radius 3 is 2.67 bits per heavy atom. The van der Waals surface area contributed by atoms with E-state index in [1.807, 2.05) is 25.1 Å². The van der Waals surface area contributed by atoms with E-state index in [2.05, 4.69) is 22.3 Å². The van der Waals surface area contributed by atoms with Gasteiger partial charge in [-0.1, -0.05) is 54.3 Å². The summed E-state index contributed by atoms with van der Waals surface area (Å²) in [5.74, 6) is 0.0671. The van der Waals surface area contributed by atoms with E-state index in [1.54, 1.807) is 0 Å². The number of carbonyl (C=O) groups is 1. The first kappa shape index (κ1) is 16.3. The van der Waals surface area contributed by atoms with Crippen LogP contribution >= 0.6 is 24.0 Å². The Bertz CT molecular complexity index is 472. The highest BCUT2D eigenvalue weighted by atomic mass is 32.2. The second-order valence-electron chi connectivity index (χ2n) is 5.25. The number of hydrogen-bond donors (Lipinski definition) is 1. The van der Waals surface area contributed by atoms with E-state index < -0.39 is 0 Å². The van der Waals surface area contributed by atoms with Gasteiger partial charge in [0.05, 0.1) is 5.25 Å². The second kappa shape index (κ2) is 8.39. The van der Waals surface area contributed by atoms with Gasteiger partial charge < -0.3 is 10.2 Å². The van der Waals surface area contributed by atoms with Crippen LogP contribution in [0.2, 0.25) is 0 Å². The minimum atomic E-state index is -0.131. The predicted octanol–water partition coefficient (Wildman–Crippen LogP) is 2.85. The first-order valence-corrected chi connectivity index (χ1v) is 8.73. The molecule has 0 bridgehead atoms. The SMILES string of the molecule is CC(SC(=S)N1CCCC1)C(=O)NCCc1ccccc1. The van der Waals surface area contributed by atoms with Crippen LogP contribution in [0.15, 0.2) is 30.3 Å². The van der Waals surface area contributed by atoms with E-state index in [1.165, 1.54) is 30.2 Å². The summed E-state index contributed by atoms with van der Waals surface area (Å²) in [7, 11) is 0. The summed E-state index contributed by atoms with van der Waals surface area (Å²) in [6, 6.07) is 10.2. The van der Waals surface area contributed by atoms with Crippen molar-refractivity contribution in [1.29, 1.82) is 0 Å². The first-order valence-electron chi connectivity index (χ1n) is 7.44. The third kappa shape index (κ3) is 5.32. The predicted molar refractivity (Wildman–Crippen MR) is 93.6 cm³/mol. The molecule has 1 atom stereocenters. The fourth-order valence-electron chi connectivity index (χ4n) is 2.30. The van der Waals surface area contributed by atoms with E-state index in [4.69, 9.17) is 12.2 Å². The lowest BCUT2D eigenvalue weighted by Gasteiger charge is -2.20. The number of thioether (sulfide) groups is 1. The van der Waals surface area contributed by atoms with Crippen LogP contribution in [-0.2, 0) is 11.2 Å². The van der Waals surface area contributed by atoms with Crippen molar-refractivity contribution >= 4 is 34.2 Å². The molecule has 114 valence electrons. The van der Waals surface area contributed by atoms with E-state index in [9.17, 15) is 4.79 Å². The Morgan fingerprint density at radius 2 is 2.00 bits per heavy atom. The molecule has 3 nitrogen and oxygen atoms in total. The number of nitrogens with zero attached hydrogens (tertiary/aromatic N) is 1. The molecule has 0 saturated carbocycles. The van der Waals surface area contributed by atoms with Crippen LogP contribution in [0.3, 0.4) is 0 Å². The highest BCUT2D eigenvalue weighted by Gasteiger charge is 2.20. The number of thiocarbonyl (C=S) groups is 1. The van der Waals surface area contributed by atoms with Crippen molar-refractivity contribution in [2.75, 3.05) is 19.6 Å². The summed E-state index contributed by atoms with van der Waals surface area (Å²) in [5, 5.41) is 2.86. The monoisotopic (exact) mass is 322 g/mol. The van der Waals surface area contributed by atoms with Crippen molar-refractivity contribution in [2.45, 2.75) is 31.4 Å². The molecule has 1 aromatic rings. The van der Waals surface area contributed by atoms with Gasteiger partial charge in [0.15, 0.2) is 0 Å². The smallest absolute Gasteiger partial charge is 0.233 e. The maximum Gasteiger partial charge on any atom is 0.233 e. The largest absolute Gasteiger partial charge is 0.358 e. The van der Waals surface area contributed by atoms with E-state index in [0.29, 0.717) is 6.54 Å². The quantitative estimate of drug-likeness (QED) is 0.845. The summed E-state index contributed by atoms with van der Waals surface area (Å²) in [6.45, 7) is 4.66. The minimum absolute atomic E-state index is 0.0671. The van der Waals surface area contributed by atoms with Gasteiger partial charge >= 0.3 is 0 Å². The number of benzene rings is 1. The molecule has 0 aromatic heterocycles. The van der Waals surface area contributed by atoms with Gasteiger partial charge in [0.1, 0.15) is 4.32 Å². The average molecular weight is 322 g/mol. The van der Waals surface area contributed by atoms with Gasteiger partial charge in [-0.15, -0.1) is 0 Å². The molecule has 21 heavy (non-hydrogen) atoms. The Morgan fingerprint density at radius 1 is 1.33 bits per heavy atom. The summed E-state index contributed by atoms with van der Waals surface area (Å²) < 4.78 is 0.859. The number of likely N-dealkylation sites (tertiary alicyclic amines) is 1. The zero-order valence-electron chi connectivity index (χ0n) is 12.4. The van der Waals surface area contributed by atoms with Gasteiger partial charge in [-0.3, -0.25) is 4.79 Å². The summed E-state index contributed by atoms with van der Waals surface area (Å²) >= 11 is 6.90. The maximum absolute atomic E-state index is 12.1. The lowest BCUT2D eigenvalue weighted by molar-refractivity contribution is -0.120. The van der Waals surface area contributed by atoms with Crippen LogP contribution in [0.5, 0.6) is 0 Å². The summed E-state index contributed by atoms with van der Waals surface area (Å²) in [5.41, 5.74) is 1.24. The number of hydrogen-bond acceptors (Lipinski definition) is 3. The molecular formula is C16H22N2OS2. The molecule has 1 fully saturated rings. The van der Waals surface area contributed by atoms with Gasteiger partial charge in [0.25, 0.3) is 0 Å². The Kier molecular flexibility index (Phi) is 6.51. The lowest BCUT2D eigenvalue weighted by Crippen LogP contribution is -2.35. The molecule has 1 amide bonds. The van der Waals surface area contributed by atoms with Crippen molar-refractivity contribution in [3.63, 3.8) is 0 Å². The van der Waals surface area contributed by atoms with Crippen molar-refractivity contribution in [1.82, 2.24) is 10.2 Å². The van der Waals surface area contributed by atoms with E-state index in [0.717, 1.165) is 23.8 Å². The third-order valence-corrected chi connectivity index (χ3v) is 5.14. The molecule has 0 radical (unpaired) electrons. The van der Waals surface area contributed by atoms with E-state index in [-0.39, 0.29) is 11.2 Å². The van der Waals surface area contributed by atoms with Gasteiger partial charge in [0, 0.05) is 19.6 Å².